The largest absolute Gasteiger partial charge is 0.480 e. The van der Waals surface area contributed by atoms with E-state index >= 15 is 0 Å². The van der Waals surface area contributed by atoms with Gasteiger partial charge in [-0.05, 0) is 20.8 Å². The van der Waals surface area contributed by atoms with Crippen LogP contribution in [0, 0.1) is 6.92 Å². The Morgan fingerprint density at radius 3 is 2.44 bits per heavy atom. The quantitative estimate of drug-likeness (QED) is 0.777. The summed E-state index contributed by atoms with van der Waals surface area (Å²) in [5.41, 5.74) is 6.10. The van der Waals surface area contributed by atoms with Gasteiger partial charge in [-0.2, -0.15) is 5.10 Å². The summed E-state index contributed by atoms with van der Waals surface area (Å²) in [6.07, 6.45) is 0. The van der Waals surface area contributed by atoms with Crippen LogP contribution in [0.2, 0.25) is 0 Å². The predicted molar refractivity (Wildman–Crippen MR) is 66.6 cm³/mol. The van der Waals surface area contributed by atoms with Gasteiger partial charge in [-0.15, -0.1) is 0 Å². The number of carbonyl (C=O) groups is 2. The lowest BCUT2D eigenvalue weighted by atomic mass is 10.2. The Morgan fingerprint density at radius 1 is 1.50 bits per heavy atom. The number of nitrogens with zero attached hydrogens (tertiary/aromatic N) is 3. The molecule has 1 heterocycles. The van der Waals surface area contributed by atoms with E-state index in [9.17, 15) is 9.59 Å². The van der Waals surface area contributed by atoms with Crippen LogP contribution in [0.25, 0.3) is 0 Å². The Morgan fingerprint density at radius 2 is 2.06 bits per heavy atom. The molecule has 0 spiro atoms. The smallest absolute Gasteiger partial charge is 0.323 e. The van der Waals surface area contributed by atoms with E-state index in [0.717, 1.165) is 0 Å². The number of carboxylic acid groups (broad SMARTS) is 1. The van der Waals surface area contributed by atoms with E-state index in [1.54, 1.807) is 18.9 Å². The molecule has 1 aromatic heterocycles. The third-order valence-corrected chi connectivity index (χ3v) is 2.64. The summed E-state index contributed by atoms with van der Waals surface area (Å²) in [5, 5.41) is 13.1. The number of aromatic nitrogens is 2. The maximum absolute atomic E-state index is 11.5. The van der Waals surface area contributed by atoms with Crippen LogP contribution in [0.5, 0.6) is 0 Å². The van der Waals surface area contributed by atoms with Crippen molar-refractivity contribution in [1.82, 2.24) is 9.78 Å². The summed E-state index contributed by atoms with van der Waals surface area (Å²) in [6, 6.07) is -0.0889. The second-order valence-electron chi connectivity index (χ2n) is 4.39. The number of carbonyl (C=O) groups excluding carboxylic acids is 1. The highest BCUT2D eigenvalue weighted by Gasteiger charge is 2.26. The third kappa shape index (κ3) is 2.61. The molecule has 1 amide bonds. The second kappa shape index (κ2) is 5.07. The van der Waals surface area contributed by atoms with Crippen LogP contribution in [0.15, 0.2) is 0 Å². The van der Waals surface area contributed by atoms with E-state index < -0.39 is 11.9 Å². The maximum atomic E-state index is 11.5. The summed E-state index contributed by atoms with van der Waals surface area (Å²) in [6.45, 7) is 5.14. The fraction of sp³-hybridized carbons (Fsp3) is 0.545. The third-order valence-electron chi connectivity index (χ3n) is 2.64. The van der Waals surface area contributed by atoms with Gasteiger partial charge in [0.1, 0.15) is 17.9 Å². The number of carboxylic acids is 1. The zero-order valence-corrected chi connectivity index (χ0v) is 11.0. The minimum Gasteiger partial charge on any atom is -0.480 e. The summed E-state index contributed by atoms with van der Waals surface area (Å²) in [7, 11) is 1.66. The van der Waals surface area contributed by atoms with Crippen LogP contribution in [-0.2, 0) is 11.8 Å². The van der Waals surface area contributed by atoms with Crippen LogP contribution < -0.4 is 10.6 Å². The number of hydrogen-bond donors (Lipinski definition) is 2. The number of amides is 1. The molecule has 0 aliphatic rings. The van der Waals surface area contributed by atoms with Crippen LogP contribution in [0.4, 0.5) is 5.82 Å². The number of nitrogens with two attached hydrogens (primary N) is 1. The number of anilines is 1. The zero-order valence-electron chi connectivity index (χ0n) is 11.0. The SMILES string of the molecule is Cc1nn(C)c(N(CC(=O)O)C(C)C)c1C(N)=O. The van der Waals surface area contributed by atoms with Gasteiger partial charge in [0.15, 0.2) is 0 Å². The predicted octanol–water partition coefficient (Wildman–Crippen LogP) is 0.127. The molecule has 0 atom stereocenters. The van der Waals surface area contributed by atoms with Gasteiger partial charge in [-0.3, -0.25) is 14.3 Å². The van der Waals surface area contributed by atoms with Crippen molar-refractivity contribution < 1.29 is 14.7 Å². The normalized spacial score (nSPS) is 10.7. The average molecular weight is 254 g/mol. The van der Waals surface area contributed by atoms with Crippen LogP contribution in [-0.4, -0.2) is 39.4 Å². The molecule has 7 nitrogen and oxygen atoms in total. The standard InChI is InChI=1S/C11H18N4O3/c1-6(2)15(5-8(16)17)11-9(10(12)18)7(3)13-14(11)4/h6H,5H2,1-4H3,(H2,12,18)(H,16,17). The lowest BCUT2D eigenvalue weighted by molar-refractivity contribution is -0.135. The van der Waals surface area contributed by atoms with E-state index in [1.807, 2.05) is 13.8 Å². The molecule has 0 saturated carbocycles. The Hall–Kier alpha value is -2.05. The molecule has 3 N–H and O–H groups in total. The average Bonchev–Trinajstić information content (AvgIpc) is 2.49. The van der Waals surface area contributed by atoms with Crippen LogP contribution >= 0.6 is 0 Å². The van der Waals surface area contributed by atoms with Crippen molar-refractivity contribution in [2.45, 2.75) is 26.8 Å². The van der Waals surface area contributed by atoms with Crippen molar-refractivity contribution in [3.63, 3.8) is 0 Å². The van der Waals surface area contributed by atoms with Gasteiger partial charge >= 0.3 is 5.97 Å². The fourth-order valence-corrected chi connectivity index (χ4v) is 1.91. The molecule has 1 rings (SSSR count). The van der Waals surface area contributed by atoms with Crippen LogP contribution in [0.1, 0.15) is 29.9 Å². The highest BCUT2D eigenvalue weighted by Crippen LogP contribution is 2.24. The summed E-state index contributed by atoms with van der Waals surface area (Å²) >= 11 is 0. The molecule has 0 unspecified atom stereocenters. The minimum atomic E-state index is -0.974. The lowest BCUT2D eigenvalue weighted by Gasteiger charge is -2.27. The first-order valence-electron chi connectivity index (χ1n) is 5.57. The van der Waals surface area contributed by atoms with Crippen LogP contribution in [0.3, 0.4) is 0 Å². The molecule has 0 bridgehead atoms. The van der Waals surface area contributed by atoms with Crippen molar-refractivity contribution in [2.24, 2.45) is 12.8 Å². The lowest BCUT2D eigenvalue weighted by Crippen LogP contribution is -2.38. The molecular formula is C11H18N4O3. The molecule has 0 aliphatic carbocycles. The molecule has 0 fully saturated rings. The van der Waals surface area contributed by atoms with Gasteiger partial charge in [0, 0.05) is 13.1 Å². The van der Waals surface area contributed by atoms with Crippen molar-refractivity contribution in [1.29, 1.82) is 0 Å². The molecule has 100 valence electrons. The fourth-order valence-electron chi connectivity index (χ4n) is 1.91. The van der Waals surface area contributed by atoms with Gasteiger partial charge in [0.2, 0.25) is 0 Å². The number of aryl methyl sites for hydroxylation is 2. The van der Waals surface area contributed by atoms with E-state index in [1.165, 1.54) is 4.68 Å². The Kier molecular flexibility index (Phi) is 3.95. The number of hydrogen-bond acceptors (Lipinski definition) is 4. The Balaban J connectivity index is 3.35. The van der Waals surface area contributed by atoms with Gasteiger partial charge in [0.25, 0.3) is 5.91 Å². The van der Waals surface area contributed by atoms with Gasteiger partial charge in [-0.25, -0.2) is 0 Å². The molecule has 7 heteroatoms. The van der Waals surface area contributed by atoms with Crippen molar-refractivity contribution >= 4 is 17.7 Å². The molecule has 0 radical (unpaired) electrons. The van der Waals surface area contributed by atoms with E-state index in [4.69, 9.17) is 10.8 Å². The summed E-state index contributed by atoms with van der Waals surface area (Å²) in [5.74, 6) is -1.14. The molecule has 0 aliphatic heterocycles. The maximum Gasteiger partial charge on any atom is 0.323 e. The number of rotatable bonds is 5. The van der Waals surface area contributed by atoms with E-state index in [0.29, 0.717) is 11.5 Å². The first kappa shape index (κ1) is 14.0. The van der Waals surface area contributed by atoms with Crippen molar-refractivity contribution in [2.75, 3.05) is 11.4 Å². The van der Waals surface area contributed by atoms with E-state index in [2.05, 4.69) is 5.10 Å². The molecule has 1 aromatic rings. The Bertz CT molecular complexity index is 479. The number of primary amides is 1. The Labute approximate surface area is 105 Å². The summed E-state index contributed by atoms with van der Waals surface area (Å²) in [4.78, 5) is 23.9. The molecular weight excluding hydrogens is 236 g/mol. The van der Waals surface area contributed by atoms with Gasteiger partial charge in [-0.1, -0.05) is 0 Å². The van der Waals surface area contributed by atoms with Crippen molar-refractivity contribution in [3.8, 4) is 0 Å². The van der Waals surface area contributed by atoms with Gasteiger partial charge in [0.05, 0.1) is 5.69 Å². The summed E-state index contributed by atoms with van der Waals surface area (Å²) < 4.78 is 1.48. The number of aliphatic carboxylic acids is 1. The van der Waals surface area contributed by atoms with Crippen molar-refractivity contribution in [3.05, 3.63) is 11.3 Å². The highest BCUT2D eigenvalue weighted by atomic mass is 16.4. The first-order chi connectivity index (χ1) is 8.25. The van der Waals surface area contributed by atoms with E-state index in [-0.39, 0.29) is 18.2 Å². The molecule has 0 aromatic carbocycles. The second-order valence-corrected chi connectivity index (χ2v) is 4.39. The monoisotopic (exact) mass is 254 g/mol. The topological polar surface area (TPSA) is 101 Å². The minimum absolute atomic E-state index is 0.0889. The van der Waals surface area contributed by atoms with Gasteiger partial charge < -0.3 is 15.7 Å². The first-order valence-corrected chi connectivity index (χ1v) is 5.57. The molecule has 0 saturated heterocycles. The zero-order chi connectivity index (χ0) is 14.0. The molecule has 18 heavy (non-hydrogen) atoms. The highest BCUT2D eigenvalue weighted by molar-refractivity contribution is 5.99.